The van der Waals surface area contributed by atoms with Crippen molar-refractivity contribution in [1.29, 1.82) is 0 Å². The van der Waals surface area contributed by atoms with E-state index in [9.17, 15) is 4.79 Å². The Balaban J connectivity index is 1.67. The molecule has 0 atom stereocenters. The molecule has 1 amide bonds. The summed E-state index contributed by atoms with van der Waals surface area (Å²) in [5.41, 5.74) is 3.62. The van der Waals surface area contributed by atoms with Crippen LogP contribution >= 0.6 is 11.3 Å². The minimum Gasteiger partial charge on any atom is -0.331 e. The lowest BCUT2D eigenvalue weighted by Gasteiger charge is -2.10. The Morgan fingerprint density at radius 2 is 2.08 bits per heavy atom. The van der Waals surface area contributed by atoms with Gasteiger partial charge in [-0.2, -0.15) is 5.10 Å². The van der Waals surface area contributed by atoms with E-state index in [-0.39, 0.29) is 5.91 Å². The predicted octanol–water partition coefficient (Wildman–Crippen LogP) is 4.22. The highest BCUT2D eigenvalue weighted by atomic mass is 32.1. The normalized spacial score (nSPS) is 11.1. The Morgan fingerprint density at radius 3 is 2.84 bits per heavy atom. The molecule has 6 heteroatoms. The fourth-order valence-corrected chi connectivity index (χ4v) is 3.72. The number of hydrogen-bond acceptors (Lipinski definition) is 3. The standard InChI is InChI=1S/C19H18N4OS/c1-2-22-13-15(11-20-22)21-19(24)17-10-18-16(8-9-25-18)23(17)12-14-6-4-3-5-7-14/h3-11,13H,2,12H2,1H3,(H,21,24). The van der Waals surface area contributed by atoms with E-state index >= 15 is 0 Å². The molecule has 1 N–H and O–H groups in total. The van der Waals surface area contributed by atoms with Crippen LogP contribution in [0.2, 0.25) is 0 Å². The fraction of sp³-hybridized carbons (Fsp3) is 0.158. The molecule has 5 nitrogen and oxygen atoms in total. The lowest BCUT2D eigenvalue weighted by Crippen LogP contribution is -2.17. The van der Waals surface area contributed by atoms with Gasteiger partial charge in [-0.05, 0) is 30.0 Å². The van der Waals surface area contributed by atoms with Crippen LogP contribution in [0.15, 0.2) is 60.2 Å². The summed E-state index contributed by atoms with van der Waals surface area (Å²) in [6.45, 7) is 3.45. The molecule has 126 valence electrons. The second-order valence-corrected chi connectivity index (χ2v) is 6.76. The van der Waals surface area contributed by atoms with E-state index in [1.165, 1.54) is 5.56 Å². The zero-order valence-electron chi connectivity index (χ0n) is 13.8. The van der Waals surface area contributed by atoms with Gasteiger partial charge in [-0.25, -0.2) is 0 Å². The van der Waals surface area contributed by atoms with Crippen LogP contribution in [0.1, 0.15) is 23.0 Å². The topological polar surface area (TPSA) is 51.9 Å². The molecule has 4 aromatic rings. The zero-order chi connectivity index (χ0) is 17.2. The first kappa shape index (κ1) is 15.7. The number of fused-ring (bicyclic) bond motifs is 1. The minimum atomic E-state index is -0.116. The third-order valence-corrected chi connectivity index (χ3v) is 5.01. The van der Waals surface area contributed by atoms with E-state index in [1.54, 1.807) is 22.2 Å². The van der Waals surface area contributed by atoms with Crippen molar-refractivity contribution in [2.24, 2.45) is 0 Å². The average molecular weight is 350 g/mol. The molecule has 3 aromatic heterocycles. The maximum atomic E-state index is 12.8. The van der Waals surface area contributed by atoms with Crippen molar-refractivity contribution >= 4 is 33.1 Å². The van der Waals surface area contributed by atoms with E-state index in [0.29, 0.717) is 17.9 Å². The van der Waals surface area contributed by atoms with Crippen LogP contribution in [0, 0.1) is 0 Å². The lowest BCUT2D eigenvalue weighted by atomic mass is 10.2. The fourth-order valence-electron chi connectivity index (χ4n) is 2.90. The van der Waals surface area contributed by atoms with Crippen molar-refractivity contribution in [3.63, 3.8) is 0 Å². The summed E-state index contributed by atoms with van der Waals surface area (Å²) in [6.07, 6.45) is 3.51. The predicted molar refractivity (Wildman–Crippen MR) is 101 cm³/mol. The largest absolute Gasteiger partial charge is 0.331 e. The molecule has 25 heavy (non-hydrogen) atoms. The number of aromatic nitrogens is 3. The molecule has 0 bridgehead atoms. The van der Waals surface area contributed by atoms with Crippen molar-refractivity contribution in [1.82, 2.24) is 14.3 Å². The molecule has 0 aliphatic rings. The van der Waals surface area contributed by atoms with Crippen LogP contribution in [0.4, 0.5) is 5.69 Å². The van der Waals surface area contributed by atoms with Gasteiger partial charge in [0.05, 0.1) is 22.1 Å². The third kappa shape index (κ3) is 3.08. The van der Waals surface area contributed by atoms with Crippen molar-refractivity contribution in [2.45, 2.75) is 20.0 Å². The number of anilines is 1. The first-order valence-corrected chi connectivity index (χ1v) is 9.07. The molecule has 0 unspecified atom stereocenters. The Bertz CT molecular complexity index is 1010. The van der Waals surface area contributed by atoms with Crippen molar-refractivity contribution in [3.05, 3.63) is 71.5 Å². The second-order valence-electron chi connectivity index (χ2n) is 5.81. The number of carbonyl (C=O) groups is 1. The Kier molecular flexibility index (Phi) is 4.11. The van der Waals surface area contributed by atoms with E-state index < -0.39 is 0 Å². The molecule has 0 saturated heterocycles. The number of hydrogen-bond donors (Lipinski definition) is 1. The monoisotopic (exact) mass is 350 g/mol. The molecule has 0 aliphatic carbocycles. The van der Waals surface area contributed by atoms with Crippen LogP contribution in [-0.4, -0.2) is 20.3 Å². The van der Waals surface area contributed by atoms with E-state index in [2.05, 4.69) is 38.6 Å². The number of thiophene rings is 1. The summed E-state index contributed by atoms with van der Waals surface area (Å²) in [5.74, 6) is -0.116. The SMILES string of the molecule is CCn1cc(NC(=O)c2cc3sccc3n2Cc2ccccc2)cn1. The van der Waals surface area contributed by atoms with Crippen molar-refractivity contribution < 1.29 is 4.79 Å². The smallest absolute Gasteiger partial charge is 0.272 e. The van der Waals surface area contributed by atoms with Gasteiger partial charge in [-0.15, -0.1) is 11.3 Å². The zero-order valence-corrected chi connectivity index (χ0v) is 14.7. The molecule has 0 saturated carbocycles. The number of benzene rings is 1. The quantitative estimate of drug-likeness (QED) is 0.586. The summed E-state index contributed by atoms with van der Waals surface area (Å²) in [5, 5.41) is 9.21. The number of rotatable bonds is 5. The summed E-state index contributed by atoms with van der Waals surface area (Å²) in [7, 11) is 0. The number of amides is 1. The maximum Gasteiger partial charge on any atom is 0.272 e. The van der Waals surface area contributed by atoms with Crippen LogP contribution < -0.4 is 5.32 Å². The molecule has 4 rings (SSSR count). The van der Waals surface area contributed by atoms with E-state index in [1.807, 2.05) is 37.4 Å². The molecule has 3 heterocycles. The first-order valence-electron chi connectivity index (χ1n) is 8.19. The van der Waals surface area contributed by atoms with Crippen LogP contribution in [0.5, 0.6) is 0 Å². The highest BCUT2D eigenvalue weighted by Crippen LogP contribution is 2.27. The molecule has 1 aromatic carbocycles. The molecular formula is C19H18N4OS. The average Bonchev–Trinajstić information content (AvgIpc) is 3.33. The Labute approximate surface area is 149 Å². The van der Waals surface area contributed by atoms with Gasteiger partial charge in [0.1, 0.15) is 5.69 Å². The third-order valence-electron chi connectivity index (χ3n) is 4.15. The molecule has 0 fully saturated rings. The van der Waals surface area contributed by atoms with Gasteiger partial charge in [-0.3, -0.25) is 9.48 Å². The molecule has 0 aliphatic heterocycles. The summed E-state index contributed by atoms with van der Waals surface area (Å²) in [6, 6.07) is 14.2. The van der Waals surface area contributed by atoms with Crippen LogP contribution in [-0.2, 0) is 13.1 Å². The Hall–Kier alpha value is -2.86. The van der Waals surface area contributed by atoms with Crippen molar-refractivity contribution in [2.75, 3.05) is 5.32 Å². The highest BCUT2D eigenvalue weighted by molar-refractivity contribution is 7.17. The van der Waals surface area contributed by atoms with Gasteiger partial charge < -0.3 is 9.88 Å². The van der Waals surface area contributed by atoms with Gasteiger partial charge in [0, 0.05) is 19.3 Å². The Morgan fingerprint density at radius 1 is 1.24 bits per heavy atom. The number of nitrogens with zero attached hydrogens (tertiary/aromatic N) is 3. The van der Waals surface area contributed by atoms with Crippen LogP contribution in [0.3, 0.4) is 0 Å². The molecule has 0 spiro atoms. The van der Waals surface area contributed by atoms with Gasteiger partial charge in [0.2, 0.25) is 0 Å². The van der Waals surface area contributed by atoms with E-state index in [4.69, 9.17) is 0 Å². The summed E-state index contributed by atoms with van der Waals surface area (Å²) < 4.78 is 4.98. The van der Waals surface area contributed by atoms with Gasteiger partial charge >= 0.3 is 0 Å². The summed E-state index contributed by atoms with van der Waals surface area (Å²) >= 11 is 1.65. The first-order chi connectivity index (χ1) is 12.2. The molecular weight excluding hydrogens is 332 g/mol. The number of carbonyl (C=O) groups excluding carboxylic acids is 1. The van der Waals surface area contributed by atoms with Gasteiger partial charge in [0.15, 0.2) is 0 Å². The second kappa shape index (κ2) is 6.57. The van der Waals surface area contributed by atoms with Crippen molar-refractivity contribution in [3.8, 4) is 0 Å². The summed E-state index contributed by atoms with van der Waals surface area (Å²) in [4.78, 5) is 12.8. The van der Waals surface area contributed by atoms with Gasteiger partial charge in [0.25, 0.3) is 5.91 Å². The molecule has 0 radical (unpaired) electrons. The maximum absolute atomic E-state index is 12.8. The lowest BCUT2D eigenvalue weighted by molar-refractivity contribution is 0.101. The van der Waals surface area contributed by atoms with Gasteiger partial charge in [-0.1, -0.05) is 30.3 Å². The van der Waals surface area contributed by atoms with E-state index in [0.717, 1.165) is 16.8 Å². The minimum absolute atomic E-state index is 0.116. The van der Waals surface area contributed by atoms with Crippen LogP contribution in [0.25, 0.3) is 10.2 Å². The number of aryl methyl sites for hydroxylation is 1. The highest BCUT2D eigenvalue weighted by Gasteiger charge is 2.17. The number of nitrogens with one attached hydrogen (secondary N) is 1.